The van der Waals surface area contributed by atoms with Gasteiger partial charge in [0.25, 0.3) is 0 Å². The maximum atomic E-state index is 11.4. The average molecular weight is 317 g/mol. The molecule has 0 heterocycles. The molecule has 0 saturated carbocycles. The van der Waals surface area contributed by atoms with Crippen molar-refractivity contribution in [3.63, 3.8) is 0 Å². The van der Waals surface area contributed by atoms with Gasteiger partial charge < -0.3 is 9.84 Å². The van der Waals surface area contributed by atoms with Gasteiger partial charge in [0, 0.05) is 5.02 Å². The summed E-state index contributed by atoms with van der Waals surface area (Å²) < 4.78 is 4.62. The third-order valence-electron chi connectivity index (χ3n) is 3.03. The molecule has 0 fully saturated rings. The Balaban J connectivity index is 2.36. The molecule has 22 heavy (non-hydrogen) atoms. The minimum absolute atomic E-state index is 0.141. The van der Waals surface area contributed by atoms with Gasteiger partial charge in [-0.25, -0.2) is 9.59 Å². The van der Waals surface area contributed by atoms with Crippen LogP contribution in [0.3, 0.4) is 0 Å². The highest BCUT2D eigenvalue weighted by Crippen LogP contribution is 2.21. The zero-order valence-electron chi connectivity index (χ0n) is 11.7. The molecule has 0 aliphatic rings. The van der Waals surface area contributed by atoms with Gasteiger partial charge in [-0.2, -0.15) is 0 Å². The summed E-state index contributed by atoms with van der Waals surface area (Å²) in [4.78, 5) is 22.8. The number of carbonyl (C=O) groups is 2. The van der Waals surface area contributed by atoms with Crippen LogP contribution in [-0.4, -0.2) is 24.2 Å². The molecule has 4 nitrogen and oxygen atoms in total. The first kappa shape index (κ1) is 15.8. The van der Waals surface area contributed by atoms with E-state index in [9.17, 15) is 14.7 Å². The molecule has 0 aliphatic heterocycles. The Kier molecular flexibility index (Phi) is 4.96. The van der Waals surface area contributed by atoms with Crippen molar-refractivity contribution in [1.29, 1.82) is 0 Å². The Bertz CT molecular complexity index is 715. The maximum Gasteiger partial charge on any atom is 0.337 e. The number of hydrogen-bond acceptors (Lipinski definition) is 3. The van der Waals surface area contributed by atoms with Crippen LogP contribution >= 0.6 is 11.6 Å². The lowest BCUT2D eigenvalue weighted by atomic mass is 10.0. The van der Waals surface area contributed by atoms with Crippen molar-refractivity contribution in [3.05, 3.63) is 70.2 Å². The number of aliphatic carboxylic acids is 1. The van der Waals surface area contributed by atoms with Crippen LogP contribution in [0.25, 0.3) is 11.6 Å². The molecule has 0 amide bonds. The standard InChI is InChI=1S/C17H13ClO4/c1-22-17(21)13-4-2-11(3-5-13)10-15(16(19)20)12-6-8-14(18)9-7-12/h2-10H,1H3,(H,19,20)/b15-10-. The molecule has 2 aromatic carbocycles. The van der Waals surface area contributed by atoms with Crippen molar-refractivity contribution in [1.82, 2.24) is 0 Å². The molecule has 0 aliphatic carbocycles. The molecule has 2 aromatic rings. The molecule has 0 spiro atoms. The van der Waals surface area contributed by atoms with E-state index in [4.69, 9.17) is 11.6 Å². The van der Waals surface area contributed by atoms with E-state index in [1.165, 1.54) is 13.2 Å². The molecule has 0 saturated heterocycles. The largest absolute Gasteiger partial charge is 0.478 e. The number of benzene rings is 2. The lowest BCUT2D eigenvalue weighted by Gasteiger charge is -2.04. The second-order valence-electron chi connectivity index (χ2n) is 4.48. The average Bonchev–Trinajstić information content (AvgIpc) is 2.53. The number of methoxy groups -OCH3 is 1. The van der Waals surface area contributed by atoms with Crippen LogP contribution in [0.2, 0.25) is 5.02 Å². The summed E-state index contributed by atoms with van der Waals surface area (Å²) in [7, 11) is 1.30. The third kappa shape index (κ3) is 3.74. The highest BCUT2D eigenvalue weighted by Gasteiger charge is 2.11. The predicted octanol–water partition coefficient (Wildman–Crippen LogP) is 3.75. The Hall–Kier alpha value is -2.59. The fourth-order valence-electron chi connectivity index (χ4n) is 1.90. The number of halogens is 1. The summed E-state index contributed by atoms with van der Waals surface area (Å²) in [6.07, 6.45) is 1.53. The number of hydrogen-bond donors (Lipinski definition) is 1. The first-order valence-electron chi connectivity index (χ1n) is 6.40. The lowest BCUT2D eigenvalue weighted by molar-refractivity contribution is -0.130. The second-order valence-corrected chi connectivity index (χ2v) is 4.92. The summed E-state index contributed by atoms with van der Waals surface area (Å²) in [6.45, 7) is 0. The van der Waals surface area contributed by atoms with E-state index in [1.54, 1.807) is 48.5 Å². The Morgan fingerprint density at radius 1 is 1.00 bits per heavy atom. The van der Waals surface area contributed by atoms with Crippen molar-refractivity contribution in [2.45, 2.75) is 0 Å². The van der Waals surface area contributed by atoms with E-state index >= 15 is 0 Å². The number of carboxylic acids is 1. The van der Waals surface area contributed by atoms with Crippen molar-refractivity contribution < 1.29 is 19.4 Å². The van der Waals surface area contributed by atoms with Crippen LogP contribution in [-0.2, 0) is 9.53 Å². The highest BCUT2D eigenvalue weighted by molar-refractivity contribution is 6.30. The molecule has 0 aromatic heterocycles. The van der Waals surface area contributed by atoms with E-state index < -0.39 is 11.9 Å². The van der Waals surface area contributed by atoms with Gasteiger partial charge in [-0.05, 0) is 41.5 Å². The van der Waals surface area contributed by atoms with Crippen LogP contribution in [0.1, 0.15) is 21.5 Å². The minimum atomic E-state index is -1.04. The van der Waals surface area contributed by atoms with Gasteiger partial charge in [0.15, 0.2) is 0 Å². The van der Waals surface area contributed by atoms with Gasteiger partial charge in [0.2, 0.25) is 0 Å². The maximum absolute atomic E-state index is 11.4. The van der Waals surface area contributed by atoms with E-state index in [-0.39, 0.29) is 5.57 Å². The van der Waals surface area contributed by atoms with Gasteiger partial charge in [-0.3, -0.25) is 0 Å². The number of carbonyl (C=O) groups excluding carboxylic acids is 1. The number of carboxylic acid groups (broad SMARTS) is 1. The number of rotatable bonds is 4. The fraction of sp³-hybridized carbons (Fsp3) is 0.0588. The summed E-state index contributed by atoms with van der Waals surface area (Å²) in [5.74, 6) is -1.48. The first-order valence-corrected chi connectivity index (χ1v) is 6.78. The number of ether oxygens (including phenoxy) is 1. The lowest BCUT2D eigenvalue weighted by Crippen LogP contribution is -2.01. The summed E-state index contributed by atoms with van der Waals surface area (Å²) in [6, 6.07) is 13.0. The smallest absolute Gasteiger partial charge is 0.337 e. The summed E-state index contributed by atoms with van der Waals surface area (Å²) >= 11 is 5.81. The highest BCUT2D eigenvalue weighted by atomic mass is 35.5. The topological polar surface area (TPSA) is 63.6 Å². The van der Waals surface area contributed by atoms with Crippen LogP contribution in [0, 0.1) is 0 Å². The van der Waals surface area contributed by atoms with E-state index in [0.29, 0.717) is 21.7 Å². The molecule has 0 bridgehead atoms. The zero-order chi connectivity index (χ0) is 16.1. The molecule has 1 N–H and O–H groups in total. The van der Waals surface area contributed by atoms with Gasteiger partial charge in [0.1, 0.15) is 0 Å². The molecular formula is C17H13ClO4. The molecule has 0 unspecified atom stereocenters. The van der Waals surface area contributed by atoms with Gasteiger partial charge in [-0.1, -0.05) is 35.9 Å². The monoisotopic (exact) mass is 316 g/mol. The van der Waals surface area contributed by atoms with Crippen LogP contribution in [0.5, 0.6) is 0 Å². The van der Waals surface area contributed by atoms with E-state index in [0.717, 1.165) is 0 Å². The van der Waals surface area contributed by atoms with E-state index in [2.05, 4.69) is 4.74 Å². The van der Waals surface area contributed by atoms with Crippen LogP contribution in [0.4, 0.5) is 0 Å². The van der Waals surface area contributed by atoms with Crippen molar-refractivity contribution in [3.8, 4) is 0 Å². The molecule has 0 atom stereocenters. The van der Waals surface area contributed by atoms with Crippen LogP contribution < -0.4 is 0 Å². The Labute approximate surface area is 132 Å². The Morgan fingerprint density at radius 3 is 2.05 bits per heavy atom. The van der Waals surface area contributed by atoms with Crippen molar-refractivity contribution >= 4 is 35.2 Å². The van der Waals surface area contributed by atoms with E-state index in [1.807, 2.05) is 0 Å². The van der Waals surface area contributed by atoms with Gasteiger partial charge in [-0.15, -0.1) is 0 Å². The molecule has 0 radical (unpaired) electrons. The first-order chi connectivity index (χ1) is 10.5. The van der Waals surface area contributed by atoms with Gasteiger partial charge >= 0.3 is 11.9 Å². The Morgan fingerprint density at radius 2 is 1.55 bits per heavy atom. The SMILES string of the molecule is COC(=O)c1ccc(/C=C(\C(=O)O)c2ccc(Cl)cc2)cc1. The summed E-state index contributed by atoms with van der Waals surface area (Å²) in [5.41, 5.74) is 1.76. The third-order valence-corrected chi connectivity index (χ3v) is 3.28. The molecular weight excluding hydrogens is 304 g/mol. The molecule has 112 valence electrons. The fourth-order valence-corrected chi connectivity index (χ4v) is 2.02. The van der Waals surface area contributed by atoms with Crippen LogP contribution in [0.15, 0.2) is 48.5 Å². The van der Waals surface area contributed by atoms with Gasteiger partial charge in [0.05, 0.1) is 18.2 Å². The zero-order valence-corrected chi connectivity index (χ0v) is 12.5. The number of esters is 1. The van der Waals surface area contributed by atoms with Crippen molar-refractivity contribution in [2.75, 3.05) is 7.11 Å². The van der Waals surface area contributed by atoms with Crippen molar-refractivity contribution in [2.24, 2.45) is 0 Å². The molecule has 5 heteroatoms. The predicted molar refractivity (Wildman–Crippen MR) is 84.7 cm³/mol. The second kappa shape index (κ2) is 6.91. The normalized spacial score (nSPS) is 11.1. The minimum Gasteiger partial charge on any atom is -0.478 e. The summed E-state index contributed by atoms with van der Waals surface area (Å²) in [5, 5.41) is 9.90. The quantitative estimate of drug-likeness (QED) is 0.530. The molecule has 2 rings (SSSR count).